The van der Waals surface area contributed by atoms with Crippen molar-refractivity contribution >= 4 is 0 Å². The Balaban J connectivity index is 2.37. The van der Waals surface area contributed by atoms with Crippen molar-refractivity contribution in [3.05, 3.63) is 29.3 Å². The van der Waals surface area contributed by atoms with Gasteiger partial charge in [-0.05, 0) is 37.1 Å². The Labute approximate surface area is 92.0 Å². The number of alkyl halides is 3. The lowest BCUT2D eigenvalue weighted by Crippen LogP contribution is -2.19. The summed E-state index contributed by atoms with van der Waals surface area (Å²) in [7, 11) is 0. The van der Waals surface area contributed by atoms with E-state index in [2.05, 4.69) is 4.74 Å². The largest absolute Gasteiger partial charge is 0.468 e. The summed E-state index contributed by atoms with van der Waals surface area (Å²) >= 11 is 0. The van der Waals surface area contributed by atoms with Gasteiger partial charge < -0.3 is 9.47 Å². The monoisotopic (exact) mass is 234 g/mol. The molecule has 0 saturated carbocycles. The fraction of sp³-hybridized carbons (Fsp3) is 0.455. The summed E-state index contributed by atoms with van der Waals surface area (Å²) in [6.45, 7) is 2.08. The summed E-state index contributed by atoms with van der Waals surface area (Å²) in [5.74, 6) is 0.514. The van der Waals surface area contributed by atoms with Crippen molar-refractivity contribution < 1.29 is 22.6 Å². The lowest BCUT2D eigenvalue weighted by molar-refractivity contribution is -0.186. The Bertz CT molecular complexity index is 327. The van der Waals surface area contributed by atoms with Gasteiger partial charge in [-0.3, -0.25) is 0 Å². The standard InChI is InChI=1S/C11H13F3O2/c1-8-3-9(2)5-10(4-8)16-7-15-6-11(12,13)14/h3-5H,6-7H2,1-2H3. The first-order valence-corrected chi connectivity index (χ1v) is 4.72. The van der Waals surface area contributed by atoms with E-state index in [1.807, 2.05) is 19.9 Å². The summed E-state index contributed by atoms with van der Waals surface area (Å²) in [4.78, 5) is 0. The minimum absolute atomic E-state index is 0.400. The molecule has 0 bridgehead atoms. The van der Waals surface area contributed by atoms with Gasteiger partial charge in [0.1, 0.15) is 12.4 Å². The van der Waals surface area contributed by atoms with Crippen molar-refractivity contribution in [2.75, 3.05) is 13.4 Å². The van der Waals surface area contributed by atoms with Crippen LogP contribution in [0.5, 0.6) is 5.75 Å². The van der Waals surface area contributed by atoms with Gasteiger partial charge in [0.2, 0.25) is 0 Å². The highest BCUT2D eigenvalue weighted by molar-refractivity contribution is 5.32. The number of ether oxygens (including phenoxy) is 2. The second-order valence-corrected chi connectivity index (χ2v) is 3.55. The first-order valence-electron chi connectivity index (χ1n) is 4.72. The number of aryl methyl sites for hydroxylation is 2. The third-order valence-electron chi connectivity index (χ3n) is 1.77. The molecule has 0 fully saturated rings. The third-order valence-corrected chi connectivity index (χ3v) is 1.77. The van der Waals surface area contributed by atoms with Crippen molar-refractivity contribution in [2.45, 2.75) is 20.0 Å². The molecule has 0 heterocycles. The smallest absolute Gasteiger partial charge is 0.411 e. The van der Waals surface area contributed by atoms with E-state index in [9.17, 15) is 13.2 Å². The predicted molar refractivity (Wildman–Crippen MR) is 53.4 cm³/mol. The molecule has 2 nitrogen and oxygen atoms in total. The van der Waals surface area contributed by atoms with Crippen molar-refractivity contribution in [1.29, 1.82) is 0 Å². The molecule has 5 heteroatoms. The third kappa shape index (κ3) is 5.02. The average molecular weight is 234 g/mol. The molecular weight excluding hydrogens is 221 g/mol. The molecule has 0 amide bonds. The number of benzene rings is 1. The minimum atomic E-state index is -4.31. The predicted octanol–water partition coefficient (Wildman–Crippen LogP) is 3.22. The number of hydrogen-bond acceptors (Lipinski definition) is 2. The molecule has 0 aliphatic heterocycles. The van der Waals surface area contributed by atoms with Crippen molar-refractivity contribution in [3.8, 4) is 5.75 Å². The molecule has 90 valence electrons. The Morgan fingerprint density at radius 3 is 2.12 bits per heavy atom. The van der Waals surface area contributed by atoms with Crippen molar-refractivity contribution in [1.82, 2.24) is 0 Å². The fourth-order valence-corrected chi connectivity index (χ4v) is 1.28. The van der Waals surface area contributed by atoms with Crippen LogP contribution in [-0.2, 0) is 4.74 Å². The van der Waals surface area contributed by atoms with Crippen LogP contribution in [0.2, 0.25) is 0 Å². The average Bonchev–Trinajstić information content (AvgIpc) is 2.09. The van der Waals surface area contributed by atoms with Gasteiger partial charge in [0.05, 0.1) is 0 Å². The first kappa shape index (κ1) is 12.8. The van der Waals surface area contributed by atoms with Crippen LogP contribution < -0.4 is 4.74 Å². The Morgan fingerprint density at radius 1 is 1.06 bits per heavy atom. The zero-order valence-electron chi connectivity index (χ0n) is 9.10. The van der Waals surface area contributed by atoms with Crippen LogP contribution >= 0.6 is 0 Å². The number of hydrogen-bond donors (Lipinski definition) is 0. The second kappa shape index (κ2) is 5.21. The zero-order valence-corrected chi connectivity index (χ0v) is 9.10. The zero-order chi connectivity index (χ0) is 12.2. The Kier molecular flexibility index (Phi) is 4.18. The molecule has 0 aliphatic rings. The van der Waals surface area contributed by atoms with Crippen molar-refractivity contribution in [3.63, 3.8) is 0 Å². The van der Waals surface area contributed by atoms with E-state index < -0.39 is 19.6 Å². The van der Waals surface area contributed by atoms with E-state index in [0.29, 0.717) is 5.75 Å². The SMILES string of the molecule is Cc1cc(C)cc(OCOCC(F)(F)F)c1. The van der Waals surface area contributed by atoms with Crippen LogP contribution in [0, 0.1) is 13.8 Å². The summed E-state index contributed by atoms with van der Waals surface area (Å²) < 4.78 is 44.6. The second-order valence-electron chi connectivity index (χ2n) is 3.55. The highest BCUT2D eigenvalue weighted by Crippen LogP contribution is 2.17. The number of halogens is 3. The van der Waals surface area contributed by atoms with E-state index in [-0.39, 0.29) is 0 Å². The van der Waals surface area contributed by atoms with Crippen molar-refractivity contribution in [2.24, 2.45) is 0 Å². The molecular formula is C11H13F3O2. The highest BCUT2D eigenvalue weighted by Gasteiger charge is 2.27. The quantitative estimate of drug-likeness (QED) is 0.588. The molecule has 16 heavy (non-hydrogen) atoms. The molecule has 0 atom stereocenters. The molecule has 0 spiro atoms. The summed E-state index contributed by atoms with van der Waals surface area (Å²) in [6.07, 6.45) is -4.31. The maximum absolute atomic E-state index is 11.7. The van der Waals surface area contributed by atoms with E-state index in [1.54, 1.807) is 12.1 Å². The van der Waals surface area contributed by atoms with E-state index in [0.717, 1.165) is 11.1 Å². The lowest BCUT2D eigenvalue weighted by Gasteiger charge is -2.10. The Morgan fingerprint density at radius 2 is 1.62 bits per heavy atom. The molecule has 0 radical (unpaired) electrons. The van der Waals surface area contributed by atoms with Gasteiger partial charge in [0.25, 0.3) is 0 Å². The van der Waals surface area contributed by atoms with Crippen LogP contribution in [0.3, 0.4) is 0 Å². The highest BCUT2D eigenvalue weighted by atomic mass is 19.4. The Hall–Kier alpha value is -1.23. The maximum atomic E-state index is 11.7. The van der Waals surface area contributed by atoms with Gasteiger partial charge in [-0.25, -0.2) is 0 Å². The van der Waals surface area contributed by atoms with E-state index in [4.69, 9.17) is 4.74 Å². The first-order chi connectivity index (χ1) is 7.37. The normalized spacial score (nSPS) is 11.6. The van der Waals surface area contributed by atoms with Crippen LogP contribution in [0.1, 0.15) is 11.1 Å². The molecule has 0 saturated heterocycles. The van der Waals surface area contributed by atoms with Gasteiger partial charge in [0, 0.05) is 0 Å². The molecule has 1 rings (SSSR count). The van der Waals surface area contributed by atoms with Gasteiger partial charge in [-0.2, -0.15) is 13.2 Å². The van der Waals surface area contributed by atoms with Crippen LogP contribution in [0.25, 0.3) is 0 Å². The molecule has 1 aromatic carbocycles. The van der Waals surface area contributed by atoms with Crippen LogP contribution in [-0.4, -0.2) is 19.6 Å². The molecule has 1 aromatic rings. The molecule has 0 aliphatic carbocycles. The topological polar surface area (TPSA) is 18.5 Å². The summed E-state index contributed by atoms with van der Waals surface area (Å²) in [5.41, 5.74) is 1.98. The maximum Gasteiger partial charge on any atom is 0.411 e. The minimum Gasteiger partial charge on any atom is -0.468 e. The van der Waals surface area contributed by atoms with Gasteiger partial charge in [-0.1, -0.05) is 6.07 Å². The number of rotatable bonds is 4. The molecule has 0 unspecified atom stereocenters. The fourth-order valence-electron chi connectivity index (χ4n) is 1.28. The summed E-state index contributed by atoms with van der Waals surface area (Å²) in [6, 6.07) is 5.43. The summed E-state index contributed by atoms with van der Waals surface area (Å²) in [5, 5.41) is 0. The molecule has 0 aromatic heterocycles. The van der Waals surface area contributed by atoms with E-state index >= 15 is 0 Å². The van der Waals surface area contributed by atoms with E-state index in [1.165, 1.54) is 0 Å². The van der Waals surface area contributed by atoms with Crippen LogP contribution in [0.4, 0.5) is 13.2 Å². The van der Waals surface area contributed by atoms with Gasteiger partial charge in [0.15, 0.2) is 6.79 Å². The van der Waals surface area contributed by atoms with Crippen LogP contribution in [0.15, 0.2) is 18.2 Å². The van der Waals surface area contributed by atoms with Gasteiger partial charge in [-0.15, -0.1) is 0 Å². The van der Waals surface area contributed by atoms with Gasteiger partial charge >= 0.3 is 6.18 Å². The molecule has 0 N–H and O–H groups in total. The lowest BCUT2D eigenvalue weighted by atomic mass is 10.1.